The summed E-state index contributed by atoms with van der Waals surface area (Å²) in [5, 5.41) is 12.3. The molecule has 0 aliphatic carbocycles. The molecule has 1 unspecified atom stereocenters. The normalized spacial score (nSPS) is 15.9. The molecule has 0 radical (unpaired) electrons. The van der Waals surface area contributed by atoms with Crippen LogP contribution < -0.4 is 5.32 Å². The molecule has 40 heavy (non-hydrogen) atoms. The number of nitrogens with zero attached hydrogens (tertiary/aromatic N) is 5. The summed E-state index contributed by atoms with van der Waals surface area (Å²) in [6.45, 7) is 6.54. The lowest BCUT2D eigenvalue weighted by Crippen LogP contribution is -2.55. The van der Waals surface area contributed by atoms with Gasteiger partial charge in [-0.05, 0) is 49.6 Å². The molecule has 0 saturated carbocycles. The molecule has 1 atom stereocenters. The third kappa shape index (κ3) is 6.68. The number of benzene rings is 1. The number of carbonyl (C=O) groups is 2. The number of halogens is 3. The number of piperazine rings is 1. The Balaban J connectivity index is 1.75. The summed E-state index contributed by atoms with van der Waals surface area (Å²) in [5.74, 6) is -0.0270. The number of hydrogen-bond acceptors (Lipinski definition) is 4. The van der Waals surface area contributed by atoms with Crippen molar-refractivity contribution < 1.29 is 19.1 Å². The van der Waals surface area contributed by atoms with Crippen LogP contribution in [0.3, 0.4) is 0 Å². The van der Waals surface area contributed by atoms with Crippen LogP contribution in [0.1, 0.15) is 32.0 Å². The summed E-state index contributed by atoms with van der Waals surface area (Å²) in [5.41, 5.74) is 1.84. The molecule has 1 aliphatic heterocycles. The maximum absolute atomic E-state index is 14.5. The molecule has 3 aromatic rings. The number of nitrogens with one attached hydrogen (secondary N) is 1. The molecule has 3 amide bonds. The number of aromatic nitrogens is 2. The Morgan fingerprint density at radius 3 is 2.62 bits per heavy atom. The zero-order chi connectivity index (χ0) is 29.0. The van der Waals surface area contributed by atoms with Crippen LogP contribution >= 0.6 is 23.2 Å². The molecule has 1 saturated heterocycles. The number of aliphatic imine (C=N–C) groups is 1. The molecule has 2 N–H and O–H groups in total. The highest BCUT2D eigenvalue weighted by Gasteiger charge is 2.31. The second kappa shape index (κ2) is 12.6. The zero-order valence-electron chi connectivity index (χ0n) is 22.2. The minimum absolute atomic E-state index is 0.0380. The molecule has 210 valence electrons. The van der Waals surface area contributed by atoms with Crippen LogP contribution in [0.4, 0.5) is 19.7 Å². The van der Waals surface area contributed by atoms with Gasteiger partial charge in [0.2, 0.25) is 0 Å². The molecule has 4 rings (SSSR count). The minimum atomic E-state index is -1.03. The summed E-state index contributed by atoms with van der Waals surface area (Å²) in [4.78, 5) is 41.1. The molecule has 12 heteroatoms. The van der Waals surface area contributed by atoms with Gasteiger partial charge in [0.1, 0.15) is 16.8 Å². The van der Waals surface area contributed by atoms with Crippen molar-refractivity contribution >= 4 is 46.8 Å². The predicted octanol–water partition coefficient (Wildman–Crippen LogP) is 6.45. The summed E-state index contributed by atoms with van der Waals surface area (Å²) >= 11 is 13.2. The van der Waals surface area contributed by atoms with E-state index >= 15 is 0 Å². The molecule has 0 spiro atoms. The Morgan fingerprint density at radius 1 is 1.20 bits per heavy atom. The average molecular weight is 587 g/mol. The summed E-state index contributed by atoms with van der Waals surface area (Å²) < 4.78 is 14.5. The van der Waals surface area contributed by atoms with E-state index in [9.17, 15) is 19.1 Å². The molecule has 2 aromatic heterocycles. The largest absolute Gasteiger partial charge is 0.465 e. The average Bonchev–Trinajstić information content (AvgIpc) is 2.90. The lowest BCUT2D eigenvalue weighted by atomic mass is 10.1. The smallest absolute Gasteiger partial charge is 0.407 e. The monoisotopic (exact) mass is 586 g/mol. The van der Waals surface area contributed by atoms with Crippen molar-refractivity contribution in [1.29, 1.82) is 0 Å². The first-order chi connectivity index (χ1) is 19.0. The maximum atomic E-state index is 14.5. The number of carboxylic acid groups (broad SMARTS) is 1. The van der Waals surface area contributed by atoms with Gasteiger partial charge in [0.15, 0.2) is 0 Å². The number of anilines is 1. The Bertz CT molecular complexity index is 1450. The quantitative estimate of drug-likeness (QED) is 0.202. The fraction of sp³-hybridized carbons (Fsp3) is 0.321. The van der Waals surface area contributed by atoms with Crippen molar-refractivity contribution in [2.45, 2.75) is 33.2 Å². The van der Waals surface area contributed by atoms with E-state index in [2.05, 4.69) is 34.1 Å². The van der Waals surface area contributed by atoms with Gasteiger partial charge in [0.25, 0.3) is 0 Å². The van der Waals surface area contributed by atoms with Gasteiger partial charge in [-0.25, -0.2) is 19.0 Å². The Labute approximate surface area is 241 Å². The number of amides is 3. The van der Waals surface area contributed by atoms with Gasteiger partial charge >= 0.3 is 12.1 Å². The van der Waals surface area contributed by atoms with Crippen LogP contribution in [0.5, 0.6) is 0 Å². The second-order valence-electron chi connectivity index (χ2n) is 9.87. The Hall–Kier alpha value is -3.76. The van der Waals surface area contributed by atoms with Gasteiger partial charge < -0.3 is 20.2 Å². The fourth-order valence-electron chi connectivity index (χ4n) is 4.53. The van der Waals surface area contributed by atoms with E-state index in [1.165, 1.54) is 23.1 Å². The van der Waals surface area contributed by atoms with Gasteiger partial charge in [0.05, 0.1) is 27.7 Å². The van der Waals surface area contributed by atoms with Crippen molar-refractivity contribution in [2.75, 3.05) is 25.0 Å². The lowest BCUT2D eigenvalue weighted by Gasteiger charge is -2.40. The molecule has 1 fully saturated rings. The molecule has 9 nitrogen and oxygen atoms in total. The van der Waals surface area contributed by atoms with E-state index < -0.39 is 17.9 Å². The maximum Gasteiger partial charge on any atom is 0.407 e. The van der Waals surface area contributed by atoms with Crippen molar-refractivity contribution in [1.82, 2.24) is 19.8 Å². The van der Waals surface area contributed by atoms with Gasteiger partial charge in [-0.1, -0.05) is 49.2 Å². The van der Waals surface area contributed by atoms with Crippen molar-refractivity contribution in [3.05, 3.63) is 75.9 Å². The SMILES string of the molecule is CC(C)Cc1ncccc1NC(=O)N=C(c1cc(Cl)c(-c2ccccc2F)nc1Cl)N1CCN(C(=O)O)CC1C. The first-order valence-electron chi connectivity index (χ1n) is 12.7. The van der Waals surface area contributed by atoms with Crippen LogP contribution in [0.15, 0.2) is 53.7 Å². The second-order valence-corrected chi connectivity index (χ2v) is 10.6. The van der Waals surface area contributed by atoms with Crippen molar-refractivity contribution in [3.8, 4) is 11.3 Å². The van der Waals surface area contributed by atoms with E-state index in [1.807, 2.05) is 6.92 Å². The minimum Gasteiger partial charge on any atom is -0.465 e. The van der Waals surface area contributed by atoms with Gasteiger partial charge in [-0.15, -0.1) is 0 Å². The number of hydrogen-bond donors (Lipinski definition) is 2. The third-order valence-electron chi connectivity index (χ3n) is 6.41. The van der Waals surface area contributed by atoms with E-state index in [1.54, 1.807) is 35.4 Å². The van der Waals surface area contributed by atoms with Crippen molar-refractivity contribution in [2.24, 2.45) is 10.9 Å². The van der Waals surface area contributed by atoms with Crippen LogP contribution in [-0.4, -0.2) is 68.5 Å². The van der Waals surface area contributed by atoms with E-state index in [0.717, 1.165) is 5.69 Å². The summed E-state index contributed by atoms with van der Waals surface area (Å²) in [6.07, 6.45) is 1.29. The molecular weight excluding hydrogens is 558 g/mol. The molecule has 1 aromatic carbocycles. The Morgan fingerprint density at radius 2 is 1.95 bits per heavy atom. The van der Waals surface area contributed by atoms with E-state index in [4.69, 9.17) is 23.2 Å². The third-order valence-corrected chi connectivity index (χ3v) is 6.99. The number of rotatable bonds is 5. The topological polar surface area (TPSA) is 111 Å². The van der Waals surface area contributed by atoms with E-state index in [-0.39, 0.29) is 58.5 Å². The van der Waals surface area contributed by atoms with Crippen LogP contribution in [0.25, 0.3) is 11.3 Å². The Kier molecular flexibility index (Phi) is 9.21. The van der Waals surface area contributed by atoms with Crippen LogP contribution in [0.2, 0.25) is 10.2 Å². The lowest BCUT2D eigenvalue weighted by molar-refractivity contribution is 0.106. The van der Waals surface area contributed by atoms with Crippen LogP contribution in [0, 0.1) is 11.7 Å². The summed E-state index contributed by atoms with van der Waals surface area (Å²) in [7, 11) is 0. The van der Waals surface area contributed by atoms with E-state index in [0.29, 0.717) is 18.0 Å². The van der Waals surface area contributed by atoms with Gasteiger partial charge in [-0.2, -0.15) is 4.99 Å². The first-order valence-corrected chi connectivity index (χ1v) is 13.5. The molecule has 1 aliphatic rings. The number of amidine groups is 1. The molecule has 3 heterocycles. The zero-order valence-corrected chi connectivity index (χ0v) is 23.7. The van der Waals surface area contributed by atoms with Gasteiger partial charge in [0, 0.05) is 37.4 Å². The summed E-state index contributed by atoms with van der Waals surface area (Å²) in [6, 6.07) is 9.98. The number of pyridine rings is 2. The highest BCUT2D eigenvalue weighted by molar-refractivity contribution is 6.36. The highest BCUT2D eigenvalue weighted by Crippen LogP contribution is 2.33. The highest BCUT2D eigenvalue weighted by atomic mass is 35.5. The fourth-order valence-corrected chi connectivity index (χ4v) is 5.01. The number of urea groups is 1. The van der Waals surface area contributed by atoms with Crippen LogP contribution in [-0.2, 0) is 6.42 Å². The molecular formula is C28H29Cl2FN6O3. The molecule has 0 bridgehead atoms. The predicted molar refractivity (Wildman–Crippen MR) is 154 cm³/mol. The van der Waals surface area contributed by atoms with Gasteiger partial charge in [-0.3, -0.25) is 4.98 Å². The van der Waals surface area contributed by atoms with Crippen molar-refractivity contribution in [3.63, 3.8) is 0 Å². The number of carbonyl (C=O) groups excluding carboxylic acids is 1. The standard InChI is InChI=1S/C28H29Cl2FN6O3/c1-16(2)13-23-22(9-6-10-32-23)33-27(38)35-26(37-12-11-36(28(39)40)15-17(37)3)19-14-20(29)24(34-25(19)30)18-7-4-5-8-21(18)31/h4-10,14,16-17H,11-13,15H2,1-3H3,(H,33,38)(H,39,40). The first kappa shape index (κ1) is 29.2.